The number of carbonyl (C=O) groups is 2. The Labute approximate surface area is 146 Å². The molecule has 0 saturated carbocycles. The van der Waals surface area contributed by atoms with Crippen LogP contribution in [0.5, 0.6) is 11.5 Å². The predicted octanol–water partition coefficient (Wildman–Crippen LogP) is 1.20. The van der Waals surface area contributed by atoms with E-state index in [2.05, 4.69) is 5.32 Å². The number of hydrogen-bond donors (Lipinski definition) is 1. The lowest BCUT2D eigenvalue weighted by molar-refractivity contribution is -0.136. The minimum Gasteiger partial charge on any atom is -0.454 e. The van der Waals surface area contributed by atoms with Gasteiger partial charge in [-0.2, -0.15) is 0 Å². The third-order valence-corrected chi connectivity index (χ3v) is 4.95. The predicted molar refractivity (Wildman–Crippen MR) is 88.1 cm³/mol. The summed E-state index contributed by atoms with van der Waals surface area (Å²) in [6.45, 7) is 1.89. The van der Waals surface area contributed by atoms with Crippen molar-refractivity contribution in [1.82, 2.24) is 10.2 Å². The Balaban J connectivity index is 1.40. The van der Waals surface area contributed by atoms with Gasteiger partial charge in [0.15, 0.2) is 11.5 Å². The third kappa shape index (κ3) is 3.42. The maximum atomic E-state index is 12.5. The molecule has 2 amide bonds. The number of nitrogens with zero attached hydrogens (tertiary/aromatic N) is 1. The quantitative estimate of drug-likeness (QED) is 0.867. The van der Waals surface area contributed by atoms with Gasteiger partial charge in [0.1, 0.15) is 6.04 Å². The normalized spacial score (nSPS) is 24.8. The minimum atomic E-state index is -0.417. The molecule has 7 nitrogen and oxygen atoms in total. The molecule has 0 aromatic heterocycles. The zero-order valence-electron chi connectivity index (χ0n) is 14.0. The van der Waals surface area contributed by atoms with Crippen LogP contribution in [0.15, 0.2) is 18.2 Å². The molecule has 25 heavy (non-hydrogen) atoms. The second-order valence-electron chi connectivity index (χ2n) is 6.64. The molecule has 2 atom stereocenters. The van der Waals surface area contributed by atoms with Crippen molar-refractivity contribution < 1.29 is 23.8 Å². The van der Waals surface area contributed by atoms with Crippen LogP contribution in [0.4, 0.5) is 0 Å². The first-order chi connectivity index (χ1) is 12.2. The van der Waals surface area contributed by atoms with Crippen molar-refractivity contribution in [1.29, 1.82) is 0 Å². The highest BCUT2D eigenvalue weighted by Crippen LogP contribution is 2.33. The number of rotatable bonds is 5. The zero-order valence-corrected chi connectivity index (χ0v) is 14.0. The molecule has 3 heterocycles. The van der Waals surface area contributed by atoms with Gasteiger partial charge in [0, 0.05) is 26.1 Å². The lowest BCUT2D eigenvalue weighted by Gasteiger charge is -2.24. The Morgan fingerprint density at radius 1 is 1.24 bits per heavy atom. The maximum absolute atomic E-state index is 12.5. The Bertz CT molecular complexity index is 671. The molecule has 4 rings (SSSR count). The summed E-state index contributed by atoms with van der Waals surface area (Å²) in [7, 11) is 0. The molecule has 7 heteroatoms. The Hall–Kier alpha value is -2.28. The van der Waals surface area contributed by atoms with Crippen LogP contribution in [0.2, 0.25) is 0 Å². The summed E-state index contributed by atoms with van der Waals surface area (Å²) in [5.74, 6) is 1.31. The van der Waals surface area contributed by atoms with E-state index in [4.69, 9.17) is 14.2 Å². The summed E-state index contributed by atoms with van der Waals surface area (Å²) in [6, 6.07) is 5.19. The van der Waals surface area contributed by atoms with Crippen molar-refractivity contribution in [3.05, 3.63) is 23.8 Å². The minimum absolute atomic E-state index is 0.00920. The fourth-order valence-electron chi connectivity index (χ4n) is 3.58. The number of amides is 2. The highest BCUT2D eigenvalue weighted by atomic mass is 16.7. The smallest absolute Gasteiger partial charge is 0.242 e. The molecule has 3 aliphatic heterocycles. The fraction of sp³-hybridized carbons (Fsp3) is 0.556. The Kier molecular flexibility index (Phi) is 4.48. The maximum Gasteiger partial charge on any atom is 0.242 e. The van der Waals surface area contributed by atoms with E-state index in [0.29, 0.717) is 37.4 Å². The summed E-state index contributed by atoms with van der Waals surface area (Å²) in [5, 5.41) is 2.94. The Morgan fingerprint density at radius 2 is 2.12 bits per heavy atom. The van der Waals surface area contributed by atoms with Gasteiger partial charge in [-0.25, -0.2) is 0 Å². The summed E-state index contributed by atoms with van der Waals surface area (Å²) in [6.07, 6.45) is 3.08. The summed E-state index contributed by atoms with van der Waals surface area (Å²) < 4.78 is 16.2. The molecule has 1 aromatic carbocycles. The molecule has 0 bridgehead atoms. The first-order valence-electron chi connectivity index (χ1n) is 8.78. The molecule has 2 saturated heterocycles. The van der Waals surface area contributed by atoms with Crippen LogP contribution in [0.3, 0.4) is 0 Å². The summed E-state index contributed by atoms with van der Waals surface area (Å²) in [5.41, 5.74) is 0.927. The third-order valence-electron chi connectivity index (χ3n) is 4.95. The SMILES string of the molecule is O=C(NCC1CCCO1)C1CCC(=O)N1Cc1ccc2c(c1)OCO2. The lowest BCUT2D eigenvalue weighted by Crippen LogP contribution is -2.46. The molecular formula is C18H22N2O5. The molecule has 1 aromatic rings. The Morgan fingerprint density at radius 3 is 2.96 bits per heavy atom. The van der Waals surface area contributed by atoms with E-state index < -0.39 is 6.04 Å². The lowest BCUT2D eigenvalue weighted by atomic mass is 10.1. The van der Waals surface area contributed by atoms with Crippen molar-refractivity contribution in [2.75, 3.05) is 19.9 Å². The summed E-state index contributed by atoms with van der Waals surface area (Å²) in [4.78, 5) is 26.4. The highest BCUT2D eigenvalue weighted by Gasteiger charge is 2.36. The molecule has 134 valence electrons. The second kappa shape index (κ2) is 6.92. The van der Waals surface area contributed by atoms with Gasteiger partial charge >= 0.3 is 0 Å². The van der Waals surface area contributed by atoms with Gasteiger partial charge in [-0.05, 0) is 37.0 Å². The van der Waals surface area contributed by atoms with E-state index in [9.17, 15) is 9.59 Å². The number of nitrogens with one attached hydrogen (secondary N) is 1. The average Bonchev–Trinajstić information content (AvgIpc) is 3.35. The monoisotopic (exact) mass is 346 g/mol. The van der Waals surface area contributed by atoms with E-state index in [1.165, 1.54) is 0 Å². The van der Waals surface area contributed by atoms with Crippen LogP contribution in [-0.2, 0) is 20.9 Å². The van der Waals surface area contributed by atoms with Gasteiger partial charge in [-0.1, -0.05) is 6.07 Å². The van der Waals surface area contributed by atoms with Gasteiger partial charge in [-0.3, -0.25) is 9.59 Å². The largest absolute Gasteiger partial charge is 0.454 e. The molecular weight excluding hydrogens is 324 g/mol. The van der Waals surface area contributed by atoms with Crippen LogP contribution in [0.1, 0.15) is 31.2 Å². The molecule has 0 radical (unpaired) electrons. The van der Waals surface area contributed by atoms with Crippen LogP contribution in [-0.4, -0.2) is 48.8 Å². The molecule has 3 aliphatic rings. The van der Waals surface area contributed by atoms with Crippen LogP contribution >= 0.6 is 0 Å². The second-order valence-corrected chi connectivity index (χ2v) is 6.64. The standard InChI is InChI=1S/C18H22N2O5/c21-17-6-4-14(18(22)19-9-13-2-1-7-23-13)20(17)10-12-3-5-15-16(8-12)25-11-24-15/h3,5,8,13-14H,1-2,4,6-7,9-11H2,(H,19,22). The van der Waals surface area contributed by atoms with Crippen molar-refractivity contribution in [3.63, 3.8) is 0 Å². The van der Waals surface area contributed by atoms with Crippen molar-refractivity contribution in [3.8, 4) is 11.5 Å². The zero-order chi connectivity index (χ0) is 17.2. The van der Waals surface area contributed by atoms with E-state index >= 15 is 0 Å². The van der Waals surface area contributed by atoms with Gasteiger partial charge in [-0.15, -0.1) is 0 Å². The number of fused-ring (bicyclic) bond motifs is 1. The van der Waals surface area contributed by atoms with Crippen molar-refractivity contribution in [2.45, 2.75) is 44.4 Å². The number of likely N-dealkylation sites (tertiary alicyclic amines) is 1. The van der Waals surface area contributed by atoms with Gasteiger partial charge in [0.05, 0.1) is 6.10 Å². The number of carbonyl (C=O) groups excluding carboxylic acids is 2. The fourth-order valence-corrected chi connectivity index (χ4v) is 3.58. The first kappa shape index (κ1) is 16.2. The van der Waals surface area contributed by atoms with Crippen LogP contribution < -0.4 is 14.8 Å². The van der Waals surface area contributed by atoms with Gasteiger partial charge in [0.2, 0.25) is 18.6 Å². The average molecular weight is 346 g/mol. The molecule has 1 N–H and O–H groups in total. The van der Waals surface area contributed by atoms with E-state index in [0.717, 1.165) is 25.0 Å². The van der Waals surface area contributed by atoms with Crippen molar-refractivity contribution in [2.24, 2.45) is 0 Å². The number of hydrogen-bond acceptors (Lipinski definition) is 5. The summed E-state index contributed by atoms with van der Waals surface area (Å²) >= 11 is 0. The van der Waals surface area contributed by atoms with Crippen LogP contribution in [0, 0.1) is 0 Å². The van der Waals surface area contributed by atoms with E-state index in [1.54, 1.807) is 4.90 Å². The topological polar surface area (TPSA) is 77.1 Å². The highest BCUT2D eigenvalue weighted by molar-refractivity contribution is 5.90. The first-order valence-corrected chi connectivity index (χ1v) is 8.78. The number of ether oxygens (including phenoxy) is 3. The van der Waals surface area contributed by atoms with Crippen LogP contribution in [0.25, 0.3) is 0 Å². The van der Waals surface area contributed by atoms with E-state index in [-0.39, 0.29) is 24.7 Å². The van der Waals surface area contributed by atoms with Gasteiger partial charge in [0.25, 0.3) is 0 Å². The molecule has 0 spiro atoms. The van der Waals surface area contributed by atoms with Crippen molar-refractivity contribution >= 4 is 11.8 Å². The molecule has 2 unspecified atom stereocenters. The van der Waals surface area contributed by atoms with E-state index in [1.807, 2.05) is 18.2 Å². The molecule has 2 fully saturated rings. The van der Waals surface area contributed by atoms with Gasteiger partial charge < -0.3 is 24.4 Å². The number of benzene rings is 1. The molecule has 0 aliphatic carbocycles.